The van der Waals surface area contributed by atoms with Crippen LogP contribution in [0.4, 0.5) is 0 Å². The zero-order valence-corrected chi connectivity index (χ0v) is 11.8. The van der Waals surface area contributed by atoms with Crippen LogP contribution in [0.2, 0.25) is 0 Å². The van der Waals surface area contributed by atoms with Crippen LogP contribution in [-0.4, -0.2) is 63.1 Å². The minimum atomic E-state index is -3.07. The molecule has 1 rings (SSSR count). The molecular formula is C11H22N2O4S. The molecule has 0 bridgehead atoms. The highest BCUT2D eigenvalue weighted by Gasteiger charge is 2.27. The fourth-order valence-corrected chi connectivity index (χ4v) is 2.55. The highest BCUT2D eigenvalue weighted by atomic mass is 32.2. The molecule has 1 saturated heterocycles. The number of nitrogens with zero attached hydrogens (tertiary/aromatic N) is 1. The van der Waals surface area contributed by atoms with Gasteiger partial charge < -0.3 is 15.4 Å². The maximum Gasteiger partial charge on any atom is 0.239 e. The average Bonchev–Trinajstić information content (AvgIpc) is 2.34. The highest BCUT2D eigenvalue weighted by Crippen LogP contribution is 2.10. The fourth-order valence-electron chi connectivity index (χ4n) is 1.87. The van der Waals surface area contributed by atoms with Crippen LogP contribution in [0.5, 0.6) is 0 Å². The second kappa shape index (κ2) is 6.49. The minimum absolute atomic E-state index is 0.0541. The summed E-state index contributed by atoms with van der Waals surface area (Å²) < 4.78 is 27.5. The molecule has 1 aliphatic rings. The first kappa shape index (κ1) is 15.4. The Hall–Kier alpha value is -0.660. The van der Waals surface area contributed by atoms with Crippen molar-refractivity contribution in [3.05, 3.63) is 0 Å². The van der Waals surface area contributed by atoms with Gasteiger partial charge in [-0.1, -0.05) is 6.92 Å². The zero-order chi connectivity index (χ0) is 13.8. The van der Waals surface area contributed by atoms with Crippen LogP contribution in [0.25, 0.3) is 0 Å². The number of morpholine rings is 1. The van der Waals surface area contributed by atoms with Crippen LogP contribution in [0.1, 0.15) is 19.8 Å². The topological polar surface area (TPSA) is 89.7 Å². The summed E-state index contributed by atoms with van der Waals surface area (Å²) in [4.78, 5) is 13.7. The maximum absolute atomic E-state index is 12.0. The number of carbonyl (C=O) groups excluding carboxylic acids is 1. The Kier molecular flexibility index (Phi) is 5.55. The largest absolute Gasteiger partial charge is 0.375 e. The summed E-state index contributed by atoms with van der Waals surface area (Å²) in [5.41, 5.74) is 5.75. The summed E-state index contributed by atoms with van der Waals surface area (Å²) in [6, 6.07) is -0.740. The summed E-state index contributed by atoms with van der Waals surface area (Å²) >= 11 is 0. The fraction of sp³-hybridized carbons (Fsp3) is 0.909. The molecule has 1 heterocycles. The van der Waals surface area contributed by atoms with Gasteiger partial charge in [0.15, 0.2) is 0 Å². The van der Waals surface area contributed by atoms with Crippen molar-refractivity contribution < 1.29 is 17.9 Å². The summed E-state index contributed by atoms with van der Waals surface area (Å²) in [6.45, 7) is 3.59. The lowest BCUT2D eigenvalue weighted by Gasteiger charge is -2.34. The van der Waals surface area contributed by atoms with Crippen molar-refractivity contribution in [3.8, 4) is 0 Å². The van der Waals surface area contributed by atoms with E-state index in [4.69, 9.17) is 10.5 Å². The maximum atomic E-state index is 12.0. The van der Waals surface area contributed by atoms with E-state index in [0.29, 0.717) is 19.7 Å². The van der Waals surface area contributed by atoms with E-state index in [0.717, 1.165) is 12.7 Å². The van der Waals surface area contributed by atoms with E-state index in [2.05, 4.69) is 0 Å². The van der Waals surface area contributed by atoms with Crippen molar-refractivity contribution in [2.75, 3.05) is 31.7 Å². The highest BCUT2D eigenvalue weighted by molar-refractivity contribution is 7.90. The molecule has 2 atom stereocenters. The SMILES string of the molecule is CCC1CN(C(=O)C(N)CCS(C)(=O)=O)CCO1. The van der Waals surface area contributed by atoms with Crippen LogP contribution in [0.15, 0.2) is 0 Å². The van der Waals surface area contributed by atoms with E-state index in [1.54, 1.807) is 4.90 Å². The van der Waals surface area contributed by atoms with Crippen molar-refractivity contribution in [1.29, 1.82) is 0 Å². The van der Waals surface area contributed by atoms with Gasteiger partial charge in [-0.2, -0.15) is 0 Å². The molecule has 0 aromatic heterocycles. The average molecular weight is 278 g/mol. The van der Waals surface area contributed by atoms with Gasteiger partial charge in [0, 0.05) is 19.3 Å². The molecule has 106 valence electrons. The summed E-state index contributed by atoms with van der Waals surface area (Å²) in [6.07, 6.45) is 2.23. The third kappa shape index (κ3) is 4.91. The number of hydrogen-bond donors (Lipinski definition) is 1. The molecule has 0 spiro atoms. The Labute approximate surface area is 108 Å². The lowest BCUT2D eigenvalue weighted by Crippen LogP contribution is -2.51. The Bertz CT molecular complexity index is 383. The van der Waals surface area contributed by atoms with Gasteiger partial charge in [-0.05, 0) is 12.8 Å². The van der Waals surface area contributed by atoms with Crippen molar-refractivity contribution in [2.45, 2.75) is 31.9 Å². The lowest BCUT2D eigenvalue weighted by molar-refractivity contribution is -0.140. The normalized spacial score (nSPS) is 22.8. The molecule has 0 aromatic rings. The van der Waals surface area contributed by atoms with E-state index >= 15 is 0 Å². The number of rotatable bonds is 5. The Balaban J connectivity index is 2.47. The van der Waals surface area contributed by atoms with Gasteiger partial charge in [-0.15, -0.1) is 0 Å². The standard InChI is InChI=1S/C11H22N2O4S/c1-3-9-8-13(5-6-17-9)11(14)10(12)4-7-18(2,15)16/h9-10H,3-8,12H2,1-2H3. The molecule has 6 nitrogen and oxygen atoms in total. The van der Waals surface area contributed by atoms with Crippen molar-refractivity contribution in [2.24, 2.45) is 5.73 Å². The van der Waals surface area contributed by atoms with Crippen molar-refractivity contribution >= 4 is 15.7 Å². The Morgan fingerprint density at radius 1 is 1.56 bits per heavy atom. The molecular weight excluding hydrogens is 256 g/mol. The molecule has 1 aliphatic heterocycles. The molecule has 0 aromatic carbocycles. The second-order valence-corrected chi connectivity index (χ2v) is 6.97. The number of amides is 1. The first-order valence-corrected chi connectivity index (χ1v) is 8.23. The predicted molar refractivity (Wildman–Crippen MR) is 68.9 cm³/mol. The van der Waals surface area contributed by atoms with Crippen molar-refractivity contribution in [3.63, 3.8) is 0 Å². The van der Waals surface area contributed by atoms with E-state index in [1.165, 1.54) is 0 Å². The van der Waals surface area contributed by atoms with Gasteiger partial charge in [-0.3, -0.25) is 4.79 Å². The predicted octanol–water partition coefficient (Wildman–Crippen LogP) is -0.614. The third-order valence-electron chi connectivity index (χ3n) is 3.02. The van der Waals surface area contributed by atoms with Gasteiger partial charge in [0.2, 0.25) is 5.91 Å². The lowest BCUT2D eigenvalue weighted by atomic mass is 10.1. The Morgan fingerprint density at radius 2 is 2.22 bits per heavy atom. The van der Waals surface area contributed by atoms with E-state index in [-0.39, 0.29) is 24.2 Å². The molecule has 2 N–H and O–H groups in total. The first-order chi connectivity index (χ1) is 8.33. The summed E-state index contributed by atoms with van der Waals surface area (Å²) in [5.74, 6) is -0.234. The second-order valence-electron chi connectivity index (χ2n) is 4.71. The molecule has 1 amide bonds. The molecule has 1 fully saturated rings. The van der Waals surface area contributed by atoms with E-state index in [1.807, 2.05) is 6.92 Å². The van der Waals surface area contributed by atoms with Crippen LogP contribution in [0, 0.1) is 0 Å². The number of carbonyl (C=O) groups is 1. The minimum Gasteiger partial charge on any atom is -0.375 e. The molecule has 0 saturated carbocycles. The molecule has 0 radical (unpaired) electrons. The van der Waals surface area contributed by atoms with Gasteiger partial charge in [-0.25, -0.2) is 8.42 Å². The van der Waals surface area contributed by atoms with Gasteiger partial charge in [0.25, 0.3) is 0 Å². The molecule has 7 heteroatoms. The van der Waals surface area contributed by atoms with Crippen molar-refractivity contribution in [1.82, 2.24) is 4.90 Å². The van der Waals surface area contributed by atoms with Crippen LogP contribution >= 0.6 is 0 Å². The van der Waals surface area contributed by atoms with Crippen LogP contribution < -0.4 is 5.73 Å². The smallest absolute Gasteiger partial charge is 0.239 e. The summed E-state index contributed by atoms with van der Waals surface area (Å²) in [7, 11) is -3.07. The monoisotopic (exact) mass is 278 g/mol. The number of nitrogens with two attached hydrogens (primary N) is 1. The number of hydrogen-bond acceptors (Lipinski definition) is 5. The number of sulfone groups is 1. The zero-order valence-electron chi connectivity index (χ0n) is 11.0. The van der Waals surface area contributed by atoms with Gasteiger partial charge >= 0.3 is 0 Å². The first-order valence-electron chi connectivity index (χ1n) is 6.17. The summed E-state index contributed by atoms with van der Waals surface area (Å²) in [5, 5.41) is 0. The van der Waals surface area contributed by atoms with E-state index < -0.39 is 15.9 Å². The number of ether oxygens (including phenoxy) is 1. The van der Waals surface area contributed by atoms with Crippen LogP contribution in [0.3, 0.4) is 0 Å². The van der Waals surface area contributed by atoms with Crippen LogP contribution in [-0.2, 0) is 19.4 Å². The molecule has 18 heavy (non-hydrogen) atoms. The quantitative estimate of drug-likeness (QED) is 0.724. The molecule has 2 unspecified atom stereocenters. The van der Waals surface area contributed by atoms with E-state index in [9.17, 15) is 13.2 Å². The molecule has 0 aliphatic carbocycles. The third-order valence-corrected chi connectivity index (χ3v) is 4.00. The Morgan fingerprint density at radius 3 is 2.78 bits per heavy atom. The van der Waals surface area contributed by atoms with Gasteiger partial charge in [0.1, 0.15) is 9.84 Å². The van der Waals surface area contributed by atoms with Gasteiger partial charge in [0.05, 0.1) is 24.5 Å².